The van der Waals surface area contributed by atoms with Crippen molar-refractivity contribution in [1.29, 1.82) is 0 Å². The second-order valence-corrected chi connectivity index (χ2v) is 8.43. The minimum Gasteiger partial charge on any atom is -0.496 e. The molecule has 1 heterocycles. The van der Waals surface area contributed by atoms with Crippen molar-refractivity contribution >= 4 is 17.7 Å². The number of carbonyl (C=O) groups excluding carboxylic acids is 3. The molecule has 182 valence electrons. The van der Waals surface area contributed by atoms with Gasteiger partial charge in [0, 0.05) is 32.3 Å². The van der Waals surface area contributed by atoms with Gasteiger partial charge in [0.15, 0.2) is 0 Å². The van der Waals surface area contributed by atoms with Crippen molar-refractivity contribution in [3.63, 3.8) is 0 Å². The number of para-hydroxylation sites is 1. The highest BCUT2D eigenvalue weighted by Gasteiger charge is 2.34. The lowest BCUT2D eigenvalue weighted by Gasteiger charge is -2.36. The van der Waals surface area contributed by atoms with Gasteiger partial charge >= 0.3 is 0 Å². The van der Waals surface area contributed by atoms with Crippen LogP contribution in [0.2, 0.25) is 0 Å². The van der Waals surface area contributed by atoms with Gasteiger partial charge in [-0.3, -0.25) is 14.4 Å². The molecule has 2 aromatic carbocycles. The van der Waals surface area contributed by atoms with Crippen molar-refractivity contribution in [3.8, 4) is 5.75 Å². The van der Waals surface area contributed by atoms with Crippen LogP contribution in [0.1, 0.15) is 39.1 Å². The van der Waals surface area contributed by atoms with Crippen molar-refractivity contribution < 1.29 is 23.9 Å². The topological polar surface area (TPSA) is 97.0 Å². The molecule has 2 N–H and O–H groups in total. The maximum Gasteiger partial charge on any atom is 0.257 e. The van der Waals surface area contributed by atoms with E-state index in [0.29, 0.717) is 56.0 Å². The zero-order chi connectivity index (χ0) is 24.5. The SMILES string of the molecule is COCCNC(=O)C(NC(=O)c1ccc(C)cc1)C1CCN(C(=O)c2ccccc2OC)CC1. The van der Waals surface area contributed by atoms with Crippen LogP contribution in [-0.4, -0.2) is 69.1 Å². The van der Waals surface area contributed by atoms with Crippen LogP contribution in [0.3, 0.4) is 0 Å². The molecule has 1 fully saturated rings. The summed E-state index contributed by atoms with van der Waals surface area (Å²) in [6.07, 6.45) is 1.19. The third kappa shape index (κ3) is 6.35. The fourth-order valence-corrected chi connectivity index (χ4v) is 4.14. The molecule has 1 aliphatic heterocycles. The Balaban J connectivity index is 1.69. The number of nitrogens with zero attached hydrogens (tertiary/aromatic N) is 1. The Bertz CT molecular complexity index is 984. The van der Waals surface area contributed by atoms with Crippen molar-refractivity contribution in [2.24, 2.45) is 5.92 Å². The van der Waals surface area contributed by atoms with E-state index in [-0.39, 0.29) is 23.6 Å². The van der Waals surface area contributed by atoms with Crippen molar-refractivity contribution in [2.75, 3.05) is 40.5 Å². The van der Waals surface area contributed by atoms with Gasteiger partial charge in [-0.15, -0.1) is 0 Å². The van der Waals surface area contributed by atoms with Gasteiger partial charge in [0.05, 0.1) is 19.3 Å². The van der Waals surface area contributed by atoms with Crippen LogP contribution in [0, 0.1) is 12.8 Å². The minimum absolute atomic E-state index is 0.0966. The van der Waals surface area contributed by atoms with E-state index in [1.807, 2.05) is 31.2 Å². The number of nitrogens with one attached hydrogen (secondary N) is 2. The monoisotopic (exact) mass is 467 g/mol. The maximum atomic E-state index is 13.0. The molecule has 3 amide bonds. The summed E-state index contributed by atoms with van der Waals surface area (Å²) in [5.74, 6) is -0.193. The molecule has 0 saturated carbocycles. The zero-order valence-electron chi connectivity index (χ0n) is 20.0. The highest BCUT2D eigenvalue weighted by Crippen LogP contribution is 2.25. The molecular formula is C26H33N3O5. The number of benzene rings is 2. The second kappa shape index (κ2) is 12.2. The lowest BCUT2D eigenvalue weighted by Crippen LogP contribution is -2.54. The maximum absolute atomic E-state index is 13.0. The van der Waals surface area contributed by atoms with Crippen LogP contribution in [-0.2, 0) is 9.53 Å². The Morgan fingerprint density at radius 3 is 2.35 bits per heavy atom. The normalized spacial score (nSPS) is 14.9. The molecule has 0 bridgehead atoms. The number of carbonyl (C=O) groups is 3. The van der Waals surface area contributed by atoms with Gasteiger partial charge in [-0.25, -0.2) is 0 Å². The van der Waals surface area contributed by atoms with Crippen molar-refractivity contribution in [2.45, 2.75) is 25.8 Å². The summed E-state index contributed by atoms with van der Waals surface area (Å²) in [4.78, 5) is 40.7. The molecule has 0 spiro atoms. The van der Waals surface area contributed by atoms with Crippen LogP contribution < -0.4 is 15.4 Å². The van der Waals surface area contributed by atoms with Crippen molar-refractivity contribution in [3.05, 3.63) is 65.2 Å². The van der Waals surface area contributed by atoms with E-state index in [9.17, 15) is 14.4 Å². The standard InChI is InChI=1S/C26H33N3O5/c1-18-8-10-20(11-9-18)24(30)28-23(25(31)27-14-17-33-2)19-12-15-29(16-13-19)26(32)21-6-4-5-7-22(21)34-3/h4-11,19,23H,12-17H2,1-3H3,(H,27,31)(H,28,30). The van der Waals surface area contributed by atoms with Crippen LogP contribution >= 0.6 is 0 Å². The number of aryl methyl sites for hydroxylation is 1. The molecule has 1 aliphatic rings. The molecule has 0 aromatic heterocycles. The van der Waals surface area contributed by atoms with Crippen LogP contribution in [0.5, 0.6) is 5.75 Å². The Labute approximate surface area is 200 Å². The van der Waals surface area contributed by atoms with Gasteiger partial charge in [-0.05, 0) is 49.9 Å². The molecule has 1 saturated heterocycles. The molecule has 34 heavy (non-hydrogen) atoms. The van der Waals surface area contributed by atoms with Gasteiger partial charge in [0.2, 0.25) is 5.91 Å². The number of hydrogen-bond donors (Lipinski definition) is 2. The fraction of sp³-hybridized carbons (Fsp3) is 0.423. The lowest BCUT2D eigenvalue weighted by molar-refractivity contribution is -0.124. The van der Waals surface area contributed by atoms with E-state index in [1.54, 1.807) is 43.4 Å². The smallest absolute Gasteiger partial charge is 0.257 e. The first-order valence-corrected chi connectivity index (χ1v) is 11.5. The predicted octanol–water partition coefficient (Wildman–Crippen LogP) is 2.42. The number of amides is 3. The first kappa shape index (κ1) is 25.2. The summed E-state index contributed by atoms with van der Waals surface area (Å²) in [6.45, 7) is 3.68. The summed E-state index contributed by atoms with van der Waals surface area (Å²) in [6, 6.07) is 13.7. The van der Waals surface area contributed by atoms with Gasteiger partial charge < -0.3 is 25.0 Å². The Morgan fingerprint density at radius 1 is 1.03 bits per heavy atom. The average Bonchev–Trinajstić information content (AvgIpc) is 2.87. The summed E-state index contributed by atoms with van der Waals surface area (Å²) < 4.78 is 10.4. The number of ether oxygens (including phenoxy) is 2. The van der Waals surface area contributed by atoms with Crippen LogP contribution in [0.25, 0.3) is 0 Å². The molecule has 1 unspecified atom stereocenters. The molecule has 8 heteroatoms. The summed E-state index contributed by atoms with van der Waals surface area (Å²) >= 11 is 0. The predicted molar refractivity (Wildman–Crippen MR) is 129 cm³/mol. The molecule has 2 aromatic rings. The molecule has 0 aliphatic carbocycles. The van der Waals surface area contributed by atoms with E-state index in [4.69, 9.17) is 9.47 Å². The summed E-state index contributed by atoms with van der Waals surface area (Å²) in [7, 11) is 3.11. The number of rotatable bonds is 9. The van der Waals surface area contributed by atoms with Gasteiger partial charge in [0.1, 0.15) is 11.8 Å². The van der Waals surface area contributed by atoms with Gasteiger partial charge in [0.25, 0.3) is 11.8 Å². The summed E-state index contributed by atoms with van der Waals surface area (Å²) in [5.41, 5.74) is 2.08. The third-order valence-corrected chi connectivity index (χ3v) is 6.12. The first-order valence-electron chi connectivity index (χ1n) is 11.5. The van der Waals surface area contributed by atoms with Crippen molar-refractivity contribution in [1.82, 2.24) is 15.5 Å². The molecule has 1 atom stereocenters. The average molecular weight is 468 g/mol. The van der Waals surface area contributed by atoms with Crippen LogP contribution in [0.4, 0.5) is 0 Å². The fourth-order valence-electron chi connectivity index (χ4n) is 4.14. The minimum atomic E-state index is -0.700. The molecule has 8 nitrogen and oxygen atoms in total. The molecule has 3 rings (SSSR count). The zero-order valence-corrected chi connectivity index (χ0v) is 20.0. The van der Waals surface area contributed by atoms with E-state index < -0.39 is 6.04 Å². The van der Waals surface area contributed by atoms with Gasteiger partial charge in [-0.2, -0.15) is 0 Å². The lowest BCUT2D eigenvalue weighted by atomic mass is 9.88. The molecular weight excluding hydrogens is 434 g/mol. The number of likely N-dealkylation sites (tertiary alicyclic amines) is 1. The van der Waals surface area contributed by atoms with E-state index in [1.165, 1.54) is 0 Å². The number of methoxy groups -OCH3 is 2. The van der Waals surface area contributed by atoms with E-state index in [2.05, 4.69) is 10.6 Å². The largest absolute Gasteiger partial charge is 0.496 e. The number of piperidine rings is 1. The van der Waals surface area contributed by atoms with Gasteiger partial charge in [-0.1, -0.05) is 29.8 Å². The quantitative estimate of drug-likeness (QED) is 0.552. The number of hydrogen-bond acceptors (Lipinski definition) is 5. The van der Waals surface area contributed by atoms with Crippen LogP contribution in [0.15, 0.2) is 48.5 Å². The molecule has 0 radical (unpaired) electrons. The van der Waals surface area contributed by atoms with E-state index >= 15 is 0 Å². The summed E-state index contributed by atoms with van der Waals surface area (Å²) in [5, 5.41) is 5.77. The third-order valence-electron chi connectivity index (χ3n) is 6.12. The second-order valence-electron chi connectivity index (χ2n) is 8.43. The van der Waals surface area contributed by atoms with E-state index in [0.717, 1.165) is 5.56 Å². The highest BCUT2D eigenvalue weighted by molar-refractivity contribution is 5.98. The first-order chi connectivity index (χ1) is 16.4. The Kier molecular flexibility index (Phi) is 9.04. The Hall–Kier alpha value is -3.39. The Morgan fingerprint density at radius 2 is 1.71 bits per heavy atom. The highest BCUT2D eigenvalue weighted by atomic mass is 16.5.